The summed E-state index contributed by atoms with van der Waals surface area (Å²) in [5, 5.41) is 2.93. The average molecular weight is 292 g/mol. The SMILES string of the molecule is CCOc1ccc(NC(=O)N2CCCC(COC)C2)cc1. The third-order valence-electron chi connectivity index (χ3n) is 3.63. The first-order chi connectivity index (χ1) is 10.2. The number of nitrogens with zero attached hydrogens (tertiary/aromatic N) is 1. The van der Waals surface area contributed by atoms with Gasteiger partial charge in [-0.25, -0.2) is 4.79 Å². The van der Waals surface area contributed by atoms with E-state index >= 15 is 0 Å². The predicted octanol–water partition coefficient (Wildman–Crippen LogP) is 2.98. The Morgan fingerprint density at radius 2 is 2.14 bits per heavy atom. The minimum absolute atomic E-state index is 0.0417. The van der Waals surface area contributed by atoms with Gasteiger partial charge in [0.25, 0.3) is 0 Å². The van der Waals surface area contributed by atoms with E-state index in [9.17, 15) is 4.79 Å². The first kappa shape index (κ1) is 15.6. The van der Waals surface area contributed by atoms with Crippen LogP contribution in [0, 0.1) is 5.92 Å². The van der Waals surface area contributed by atoms with E-state index in [2.05, 4.69) is 5.32 Å². The molecule has 0 aliphatic carbocycles. The molecule has 2 rings (SSSR count). The molecular formula is C16H24N2O3. The Balaban J connectivity index is 1.88. The number of carbonyl (C=O) groups excluding carboxylic acids is 1. The Labute approximate surface area is 126 Å². The van der Waals surface area contributed by atoms with Crippen LogP contribution in [0.2, 0.25) is 0 Å². The van der Waals surface area contributed by atoms with Gasteiger partial charge >= 0.3 is 6.03 Å². The maximum absolute atomic E-state index is 12.3. The topological polar surface area (TPSA) is 50.8 Å². The molecule has 1 aliphatic rings. The number of likely N-dealkylation sites (tertiary alicyclic amines) is 1. The van der Waals surface area contributed by atoms with Crippen LogP contribution >= 0.6 is 0 Å². The maximum Gasteiger partial charge on any atom is 0.321 e. The van der Waals surface area contributed by atoms with Crippen molar-refractivity contribution in [1.82, 2.24) is 4.90 Å². The molecule has 1 aliphatic heterocycles. The zero-order valence-electron chi connectivity index (χ0n) is 12.8. The molecule has 1 heterocycles. The van der Waals surface area contributed by atoms with Crippen molar-refractivity contribution in [2.75, 3.05) is 38.7 Å². The first-order valence-electron chi connectivity index (χ1n) is 7.50. The highest BCUT2D eigenvalue weighted by Gasteiger charge is 2.23. The summed E-state index contributed by atoms with van der Waals surface area (Å²) in [5.41, 5.74) is 0.789. The minimum Gasteiger partial charge on any atom is -0.494 e. The molecule has 1 fully saturated rings. The Morgan fingerprint density at radius 1 is 1.38 bits per heavy atom. The summed E-state index contributed by atoms with van der Waals surface area (Å²) in [4.78, 5) is 14.1. The second-order valence-corrected chi connectivity index (χ2v) is 5.30. The molecule has 116 valence electrons. The number of urea groups is 1. The minimum atomic E-state index is -0.0417. The molecule has 1 atom stereocenters. The van der Waals surface area contributed by atoms with Crippen molar-refractivity contribution in [3.05, 3.63) is 24.3 Å². The van der Waals surface area contributed by atoms with Gasteiger partial charge in [-0.2, -0.15) is 0 Å². The van der Waals surface area contributed by atoms with Gasteiger partial charge in [0.05, 0.1) is 13.2 Å². The first-order valence-corrected chi connectivity index (χ1v) is 7.50. The summed E-state index contributed by atoms with van der Waals surface area (Å²) >= 11 is 0. The lowest BCUT2D eigenvalue weighted by Crippen LogP contribution is -2.43. The van der Waals surface area contributed by atoms with Gasteiger partial charge in [-0.3, -0.25) is 0 Å². The molecule has 1 saturated heterocycles. The number of anilines is 1. The number of carbonyl (C=O) groups is 1. The van der Waals surface area contributed by atoms with Crippen molar-refractivity contribution in [3.8, 4) is 5.75 Å². The van der Waals surface area contributed by atoms with Gasteiger partial charge in [0, 0.05) is 31.8 Å². The maximum atomic E-state index is 12.3. The molecule has 0 bridgehead atoms. The second-order valence-electron chi connectivity index (χ2n) is 5.30. The molecule has 1 unspecified atom stereocenters. The standard InChI is InChI=1S/C16H24N2O3/c1-3-21-15-8-6-14(7-9-15)17-16(19)18-10-4-5-13(11-18)12-20-2/h6-9,13H,3-5,10-12H2,1-2H3,(H,17,19). The highest BCUT2D eigenvalue weighted by molar-refractivity contribution is 5.89. The van der Waals surface area contributed by atoms with Gasteiger partial charge in [0.2, 0.25) is 0 Å². The highest BCUT2D eigenvalue weighted by atomic mass is 16.5. The van der Waals surface area contributed by atoms with Gasteiger partial charge in [0.1, 0.15) is 5.75 Å². The lowest BCUT2D eigenvalue weighted by atomic mass is 9.99. The van der Waals surface area contributed by atoms with E-state index in [1.807, 2.05) is 36.1 Å². The number of piperidine rings is 1. The Bertz CT molecular complexity index is 445. The summed E-state index contributed by atoms with van der Waals surface area (Å²) in [6.07, 6.45) is 2.16. The average Bonchev–Trinajstić information content (AvgIpc) is 2.50. The summed E-state index contributed by atoms with van der Waals surface area (Å²) in [5.74, 6) is 1.25. The van der Waals surface area contributed by atoms with Crippen molar-refractivity contribution >= 4 is 11.7 Å². The fourth-order valence-corrected chi connectivity index (χ4v) is 2.62. The zero-order valence-corrected chi connectivity index (χ0v) is 12.8. The number of hydrogen-bond acceptors (Lipinski definition) is 3. The number of hydrogen-bond donors (Lipinski definition) is 1. The van der Waals surface area contributed by atoms with Gasteiger partial charge in [0.15, 0.2) is 0 Å². The predicted molar refractivity (Wildman–Crippen MR) is 82.8 cm³/mol. The van der Waals surface area contributed by atoms with Crippen LogP contribution in [0.4, 0.5) is 10.5 Å². The number of nitrogens with one attached hydrogen (secondary N) is 1. The van der Waals surface area contributed by atoms with Gasteiger partial charge in [-0.1, -0.05) is 0 Å². The summed E-state index contributed by atoms with van der Waals surface area (Å²) in [6, 6.07) is 7.41. The van der Waals surface area contributed by atoms with Gasteiger partial charge < -0.3 is 19.7 Å². The summed E-state index contributed by atoms with van der Waals surface area (Å²) < 4.78 is 10.6. The molecule has 1 N–H and O–H groups in total. The molecule has 0 aromatic heterocycles. The monoisotopic (exact) mass is 292 g/mol. The molecule has 1 aromatic carbocycles. The second kappa shape index (κ2) is 7.88. The van der Waals surface area contributed by atoms with Crippen molar-refractivity contribution < 1.29 is 14.3 Å². The fourth-order valence-electron chi connectivity index (χ4n) is 2.62. The van der Waals surface area contributed by atoms with Crippen LogP contribution in [-0.4, -0.2) is 44.3 Å². The quantitative estimate of drug-likeness (QED) is 0.907. The van der Waals surface area contributed by atoms with Crippen LogP contribution in [0.1, 0.15) is 19.8 Å². The van der Waals surface area contributed by atoms with E-state index in [1.165, 1.54) is 0 Å². The Morgan fingerprint density at radius 3 is 2.81 bits per heavy atom. The third-order valence-corrected chi connectivity index (χ3v) is 3.63. The number of ether oxygens (including phenoxy) is 2. The molecular weight excluding hydrogens is 268 g/mol. The lowest BCUT2D eigenvalue weighted by molar-refractivity contribution is 0.104. The molecule has 2 amide bonds. The number of rotatable bonds is 5. The van der Waals surface area contributed by atoms with Crippen LogP contribution < -0.4 is 10.1 Å². The molecule has 0 radical (unpaired) electrons. The smallest absolute Gasteiger partial charge is 0.321 e. The molecule has 5 nitrogen and oxygen atoms in total. The van der Waals surface area contributed by atoms with E-state index < -0.39 is 0 Å². The molecule has 0 spiro atoms. The van der Waals surface area contributed by atoms with Crippen LogP contribution in [0.5, 0.6) is 5.75 Å². The van der Waals surface area contributed by atoms with E-state index in [4.69, 9.17) is 9.47 Å². The molecule has 0 saturated carbocycles. The van der Waals surface area contributed by atoms with Gasteiger partial charge in [-0.05, 0) is 44.0 Å². The normalized spacial score (nSPS) is 18.4. The van der Waals surface area contributed by atoms with Crippen molar-refractivity contribution in [1.29, 1.82) is 0 Å². The van der Waals surface area contributed by atoms with E-state index in [1.54, 1.807) is 7.11 Å². The molecule has 5 heteroatoms. The third kappa shape index (κ3) is 4.63. The highest BCUT2D eigenvalue weighted by Crippen LogP contribution is 2.19. The zero-order chi connectivity index (χ0) is 15.1. The molecule has 1 aromatic rings. The summed E-state index contributed by atoms with van der Waals surface area (Å²) in [7, 11) is 1.71. The van der Waals surface area contributed by atoms with Crippen LogP contribution in [0.25, 0.3) is 0 Å². The van der Waals surface area contributed by atoms with E-state index in [0.29, 0.717) is 19.1 Å². The number of amides is 2. The Kier molecular flexibility index (Phi) is 5.87. The summed E-state index contributed by atoms with van der Waals surface area (Å²) in [6.45, 7) is 4.87. The fraction of sp³-hybridized carbons (Fsp3) is 0.562. The van der Waals surface area contributed by atoms with Crippen LogP contribution in [-0.2, 0) is 4.74 Å². The van der Waals surface area contributed by atoms with E-state index in [0.717, 1.165) is 37.4 Å². The Hall–Kier alpha value is -1.75. The van der Waals surface area contributed by atoms with Crippen molar-refractivity contribution in [3.63, 3.8) is 0 Å². The van der Waals surface area contributed by atoms with Gasteiger partial charge in [-0.15, -0.1) is 0 Å². The lowest BCUT2D eigenvalue weighted by Gasteiger charge is -2.32. The number of benzene rings is 1. The number of methoxy groups -OCH3 is 1. The van der Waals surface area contributed by atoms with Crippen molar-refractivity contribution in [2.24, 2.45) is 5.92 Å². The van der Waals surface area contributed by atoms with E-state index in [-0.39, 0.29) is 6.03 Å². The van der Waals surface area contributed by atoms with Crippen LogP contribution in [0.3, 0.4) is 0 Å². The largest absolute Gasteiger partial charge is 0.494 e. The van der Waals surface area contributed by atoms with Crippen LogP contribution in [0.15, 0.2) is 24.3 Å². The van der Waals surface area contributed by atoms with Crippen molar-refractivity contribution in [2.45, 2.75) is 19.8 Å². The molecule has 21 heavy (non-hydrogen) atoms.